The molecule has 0 radical (unpaired) electrons. The third-order valence-electron chi connectivity index (χ3n) is 5.98. The number of rotatable bonds is 6. The summed E-state index contributed by atoms with van der Waals surface area (Å²) in [4.78, 5) is 15.6. The van der Waals surface area contributed by atoms with Gasteiger partial charge in [0.15, 0.2) is 5.76 Å². The van der Waals surface area contributed by atoms with E-state index in [1.807, 2.05) is 24.3 Å². The molecule has 2 aromatic carbocycles. The summed E-state index contributed by atoms with van der Waals surface area (Å²) in [5, 5.41) is 0. The maximum Gasteiger partial charge on any atom is 0.235 e. The van der Waals surface area contributed by atoms with E-state index in [0.717, 1.165) is 37.1 Å². The van der Waals surface area contributed by atoms with E-state index >= 15 is 0 Å². The number of benzene rings is 2. The number of allylic oxidation sites excluding steroid dienone is 1. The molecule has 0 spiro atoms. The highest BCUT2D eigenvalue weighted by Gasteiger charge is 2.38. The van der Waals surface area contributed by atoms with Crippen molar-refractivity contribution >= 4 is 11.9 Å². The van der Waals surface area contributed by atoms with Crippen molar-refractivity contribution in [2.75, 3.05) is 41.0 Å². The lowest BCUT2D eigenvalue weighted by atomic mass is 9.86. The molecule has 2 heterocycles. The minimum Gasteiger partial charge on any atom is -0.496 e. The maximum absolute atomic E-state index is 13.3. The Morgan fingerprint density at radius 2 is 1.84 bits per heavy atom. The first kappa shape index (κ1) is 21.8. The van der Waals surface area contributed by atoms with Crippen molar-refractivity contribution in [3.8, 4) is 35.3 Å². The molecule has 1 saturated heterocycles. The molecule has 0 bridgehead atoms. The summed E-state index contributed by atoms with van der Waals surface area (Å²) in [6.07, 6.45) is 8.91. The Hall–Kier alpha value is -3.43. The average Bonchev–Trinajstić information content (AvgIpc) is 3.14. The molecule has 0 aliphatic carbocycles. The van der Waals surface area contributed by atoms with E-state index in [4.69, 9.17) is 25.4 Å². The van der Waals surface area contributed by atoms with Crippen molar-refractivity contribution in [2.24, 2.45) is 0 Å². The highest BCUT2D eigenvalue weighted by Crippen LogP contribution is 2.50. The summed E-state index contributed by atoms with van der Waals surface area (Å²) in [6, 6.07) is 9.13. The molecule has 32 heavy (non-hydrogen) atoms. The summed E-state index contributed by atoms with van der Waals surface area (Å²) in [5.74, 6) is 5.13. The van der Waals surface area contributed by atoms with E-state index in [2.05, 4.69) is 17.9 Å². The number of hydrogen-bond acceptors (Lipinski definition) is 6. The molecule has 0 atom stereocenters. The van der Waals surface area contributed by atoms with Crippen molar-refractivity contribution in [3.63, 3.8) is 0 Å². The second-order valence-corrected chi connectivity index (χ2v) is 7.98. The zero-order valence-corrected chi connectivity index (χ0v) is 18.6. The van der Waals surface area contributed by atoms with Crippen LogP contribution in [0.25, 0.3) is 6.08 Å². The Balaban J connectivity index is 1.70. The van der Waals surface area contributed by atoms with E-state index in [0.29, 0.717) is 28.6 Å². The predicted molar refractivity (Wildman–Crippen MR) is 123 cm³/mol. The van der Waals surface area contributed by atoms with Crippen molar-refractivity contribution in [1.82, 2.24) is 4.90 Å². The second kappa shape index (κ2) is 9.37. The second-order valence-electron chi connectivity index (χ2n) is 7.98. The maximum atomic E-state index is 13.3. The standard InChI is InChI=1S/C26H27NO5/c1-5-14-31-19-8-6-17(7-9-19)15-22-25(28)24-21(30-4)16-20(29-3)23(26(24)32-22)18-10-12-27(2)13-11-18/h1,6-9,15-16,18H,10-14H2,2-4H3/b22-15-. The Kier molecular flexibility index (Phi) is 6.38. The number of Topliss-reactive ketones (excluding diaryl/α,β-unsaturated/α-hetero) is 1. The summed E-state index contributed by atoms with van der Waals surface area (Å²) >= 11 is 0. The topological polar surface area (TPSA) is 57.2 Å². The van der Waals surface area contributed by atoms with Crippen LogP contribution in [-0.4, -0.2) is 51.6 Å². The first-order chi connectivity index (χ1) is 15.5. The highest BCUT2D eigenvalue weighted by atomic mass is 16.5. The van der Waals surface area contributed by atoms with Gasteiger partial charge in [0.1, 0.15) is 35.2 Å². The number of nitrogens with zero attached hydrogens (tertiary/aromatic N) is 1. The number of ether oxygens (including phenoxy) is 4. The zero-order chi connectivity index (χ0) is 22.7. The van der Waals surface area contributed by atoms with Crippen molar-refractivity contribution in [3.05, 3.63) is 52.8 Å². The summed E-state index contributed by atoms with van der Waals surface area (Å²) < 4.78 is 22.8. The van der Waals surface area contributed by atoms with Crippen molar-refractivity contribution in [2.45, 2.75) is 18.8 Å². The SMILES string of the molecule is C#CCOc1ccc(/C=C2\Oc3c(c(OC)cc(OC)c3C3CCN(C)CC3)C2=O)cc1. The molecule has 0 unspecified atom stereocenters. The molecule has 6 heteroatoms. The number of hydrogen-bond donors (Lipinski definition) is 0. The number of methoxy groups -OCH3 is 2. The van der Waals surface area contributed by atoms with Crippen LogP contribution in [0.5, 0.6) is 23.0 Å². The molecule has 2 aromatic rings. The van der Waals surface area contributed by atoms with Crippen LogP contribution in [0.15, 0.2) is 36.1 Å². The molecule has 2 aliphatic heterocycles. The molecular formula is C26H27NO5. The molecule has 0 aromatic heterocycles. The minimum atomic E-state index is -0.193. The van der Waals surface area contributed by atoms with Gasteiger partial charge in [0.05, 0.1) is 14.2 Å². The minimum absolute atomic E-state index is 0.193. The predicted octanol–water partition coefficient (Wildman–Crippen LogP) is 4.14. The Morgan fingerprint density at radius 1 is 1.16 bits per heavy atom. The first-order valence-corrected chi connectivity index (χ1v) is 10.6. The molecule has 1 fully saturated rings. The summed E-state index contributed by atoms with van der Waals surface area (Å²) in [5.41, 5.74) is 2.23. The van der Waals surface area contributed by atoms with Crippen LogP contribution in [-0.2, 0) is 0 Å². The summed E-state index contributed by atoms with van der Waals surface area (Å²) in [7, 11) is 5.31. The largest absolute Gasteiger partial charge is 0.496 e. The fraction of sp³-hybridized carbons (Fsp3) is 0.346. The Bertz CT molecular complexity index is 1070. The molecule has 0 N–H and O–H groups in total. The number of terminal acetylenes is 1. The number of likely N-dealkylation sites (tertiary alicyclic amines) is 1. The van der Waals surface area contributed by atoms with Crippen LogP contribution in [0, 0.1) is 12.3 Å². The first-order valence-electron chi connectivity index (χ1n) is 10.6. The number of ketones is 1. The normalized spacial score (nSPS) is 17.6. The smallest absolute Gasteiger partial charge is 0.235 e. The summed E-state index contributed by atoms with van der Waals surface area (Å²) in [6.45, 7) is 2.18. The van der Waals surface area contributed by atoms with E-state index in [9.17, 15) is 4.79 Å². The lowest BCUT2D eigenvalue weighted by Crippen LogP contribution is -2.29. The molecule has 166 valence electrons. The zero-order valence-electron chi connectivity index (χ0n) is 18.6. The van der Waals surface area contributed by atoms with Gasteiger partial charge in [-0.3, -0.25) is 4.79 Å². The van der Waals surface area contributed by atoms with E-state index in [1.54, 1.807) is 26.4 Å². The van der Waals surface area contributed by atoms with Gasteiger partial charge in [0.2, 0.25) is 5.78 Å². The van der Waals surface area contributed by atoms with E-state index < -0.39 is 0 Å². The lowest BCUT2D eigenvalue weighted by Gasteiger charge is -2.30. The van der Waals surface area contributed by atoms with Crippen LogP contribution in [0.1, 0.15) is 40.2 Å². The fourth-order valence-electron chi connectivity index (χ4n) is 4.27. The molecule has 0 amide bonds. The van der Waals surface area contributed by atoms with Gasteiger partial charge in [-0.2, -0.15) is 0 Å². The van der Waals surface area contributed by atoms with Gasteiger partial charge >= 0.3 is 0 Å². The van der Waals surface area contributed by atoms with Crippen LogP contribution < -0.4 is 18.9 Å². The quantitative estimate of drug-likeness (QED) is 0.504. The van der Waals surface area contributed by atoms with Gasteiger partial charge < -0.3 is 23.8 Å². The number of carbonyl (C=O) groups is 1. The average molecular weight is 434 g/mol. The van der Waals surface area contributed by atoms with Gasteiger partial charge in [0, 0.05) is 11.6 Å². The van der Waals surface area contributed by atoms with Crippen LogP contribution >= 0.6 is 0 Å². The molecular weight excluding hydrogens is 406 g/mol. The third-order valence-corrected chi connectivity index (χ3v) is 5.98. The Labute approximate surface area is 188 Å². The number of fused-ring (bicyclic) bond motifs is 1. The third kappa shape index (κ3) is 4.17. The van der Waals surface area contributed by atoms with Crippen LogP contribution in [0.3, 0.4) is 0 Å². The van der Waals surface area contributed by atoms with Crippen molar-refractivity contribution in [1.29, 1.82) is 0 Å². The molecule has 0 saturated carbocycles. The fourth-order valence-corrected chi connectivity index (χ4v) is 4.27. The molecule has 4 rings (SSSR count). The van der Waals surface area contributed by atoms with Gasteiger partial charge in [-0.15, -0.1) is 6.42 Å². The van der Waals surface area contributed by atoms with Gasteiger partial charge in [-0.25, -0.2) is 0 Å². The molecule has 2 aliphatic rings. The lowest BCUT2D eigenvalue weighted by molar-refractivity contribution is 0.101. The van der Waals surface area contributed by atoms with Gasteiger partial charge in [-0.05, 0) is 62.7 Å². The van der Waals surface area contributed by atoms with Gasteiger partial charge in [-0.1, -0.05) is 18.1 Å². The van der Waals surface area contributed by atoms with Gasteiger partial charge in [0.25, 0.3) is 0 Å². The molecule has 6 nitrogen and oxygen atoms in total. The van der Waals surface area contributed by atoms with E-state index in [-0.39, 0.29) is 24.1 Å². The number of carbonyl (C=O) groups excluding carboxylic acids is 1. The van der Waals surface area contributed by atoms with Crippen LogP contribution in [0.4, 0.5) is 0 Å². The monoisotopic (exact) mass is 433 g/mol. The highest BCUT2D eigenvalue weighted by molar-refractivity contribution is 6.16. The van der Waals surface area contributed by atoms with Crippen LogP contribution in [0.2, 0.25) is 0 Å². The van der Waals surface area contributed by atoms with E-state index in [1.165, 1.54) is 0 Å². The van der Waals surface area contributed by atoms with Crippen molar-refractivity contribution < 1.29 is 23.7 Å². The Morgan fingerprint density at radius 3 is 2.47 bits per heavy atom. The number of piperidine rings is 1.